The van der Waals surface area contributed by atoms with Crippen molar-refractivity contribution in [3.8, 4) is 0 Å². The lowest BCUT2D eigenvalue weighted by molar-refractivity contribution is 0.143. The Morgan fingerprint density at radius 2 is 2.10 bits per heavy atom. The molecule has 1 N–H and O–H groups in total. The molecule has 0 aromatic heterocycles. The summed E-state index contributed by atoms with van der Waals surface area (Å²) < 4.78 is 3.45. The zero-order valence-corrected chi connectivity index (χ0v) is 13.9. The normalized spacial score (nSPS) is 28.0. The molecule has 2 atom stereocenters. The Hall–Kier alpha value is -0.380. The highest BCUT2D eigenvalue weighted by Gasteiger charge is 2.38. The number of allylic oxidation sites excluding steroid dienone is 2. The SMILES string of the molecule is O=C(NC1C2=C(C=C3CCC[C@@H]31)CCC2)OCC(Cl)(Cl)Cl. The number of alkyl halides is 3. The third-order valence-corrected chi connectivity index (χ3v) is 4.87. The predicted molar refractivity (Wildman–Crippen MR) is 84.9 cm³/mol. The van der Waals surface area contributed by atoms with E-state index in [0.29, 0.717) is 5.92 Å². The van der Waals surface area contributed by atoms with Crippen LogP contribution in [0.15, 0.2) is 22.8 Å². The molecule has 1 saturated carbocycles. The molecule has 0 aromatic carbocycles. The fourth-order valence-electron chi connectivity index (χ4n) is 3.74. The van der Waals surface area contributed by atoms with Crippen molar-refractivity contribution in [3.05, 3.63) is 22.8 Å². The van der Waals surface area contributed by atoms with Gasteiger partial charge in [0.05, 0.1) is 6.04 Å². The maximum absolute atomic E-state index is 12.0. The lowest BCUT2D eigenvalue weighted by Gasteiger charge is -2.31. The van der Waals surface area contributed by atoms with Crippen molar-refractivity contribution >= 4 is 40.9 Å². The van der Waals surface area contributed by atoms with Crippen molar-refractivity contribution in [2.45, 2.75) is 48.4 Å². The quantitative estimate of drug-likeness (QED) is 0.735. The lowest BCUT2D eigenvalue weighted by Crippen LogP contribution is -2.43. The number of nitrogens with one attached hydrogen (secondary N) is 1. The van der Waals surface area contributed by atoms with Crippen LogP contribution in [0.2, 0.25) is 0 Å². The monoisotopic (exact) mass is 349 g/mol. The fourth-order valence-corrected chi connectivity index (χ4v) is 3.90. The first-order chi connectivity index (χ1) is 9.94. The highest BCUT2D eigenvalue weighted by atomic mass is 35.6. The van der Waals surface area contributed by atoms with E-state index in [-0.39, 0.29) is 12.6 Å². The van der Waals surface area contributed by atoms with Crippen LogP contribution in [0.5, 0.6) is 0 Å². The van der Waals surface area contributed by atoms with Gasteiger partial charge in [0.1, 0.15) is 6.61 Å². The van der Waals surface area contributed by atoms with Gasteiger partial charge in [0.15, 0.2) is 0 Å². The number of rotatable bonds is 2. The van der Waals surface area contributed by atoms with Gasteiger partial charge in [0.25, 0.3) is 0 Å². The second-order valence-electron chi connectivity index (χ2n) is 5.94. The van der Waals surface area contributed by atoms with E-state index in [2.05, 4.69) is 11.4 Å². The first kappa shape index (κ1) is 15.5. The average molecular weight is 351 g/mol. The van der Waals surface area contributed by atoms with Gasteiger partial charge in [-0.1, -0.05) is 46.5 Å². The molecule has 3 nitrogen and oxygen atoms in total. The molecule has 0 spiro atoms. The second kappa shape index (κ2) is 6.02. The Labute approximate surface area is 139 Å². The molecular formula is C15H18Cl3NO2. The number of hydrogen-bond acceptors (Lipinski definition) is 2. The molecule has 1 fully saturated rings. The van der Waals surface area contributed by atoms with Gasteiger partial charge in [-0.25, -0.2) is 4.79 Å². The number of amides is 1. The molecule has 0 radical (unpaired) electrons. The van der Waals surface area contributed by atoms with Gasteiger partial charge in [0.2, 0.25) is 3.79 Å². The lowest BCUT2D eigenvalue weighted by atomic mass is 9.82. The van der Waals surface area contributed by atoms with Gasteiger partial charge in [0, 0.05) is 5.92 Å². The van der Waals surface area contributed by atoms with Crippen molar-refractivity contribution in [1.29, 1.82) is 0 Å². The Kier molecular flexibility index (Phi) is 4.45. The van der Waals surface area contributed by atoms with Crippen molar-refractivity contribution in [3.63, 3.8) is 0 Å². The molecule has 3 aliphatic rings. The molecule has 3 aliphatic carbocycles. The minimum absolute atomic E-state index is 0.0628. The van der Waals surface area contributed by atoms with Crippen LogP contribution in [0, 0.1) is 5.92 Å². The van der Waals surface area contributed by atoms with Crippen LogP contribution < -0.4 is 5.32 Å². The first-order valence-electron chi connectivity index (χ1n) is 7.36. The topological polar surface area (TPSA) is 38.3 Å². The molecule has 0 aliphatic heterocycles. The molecule has 21 heavy (non-hydrogen) atoms. The summed E-state index contributed by atoms with van der Waals surface area (Å²) in [4.78, 5) is 12.0. The highest BCUT2D eigenvalue weighted by Crippen LogP contribution is 2.45. The minimum Gasteiger partial charge on any atom is -0.445 e. The first-order valence-corrected chi connectivity index (χ1v) is 8.50. The van der Waals surface area contributed by atoms with E-state index in [4.69, 9.17) is 39.5 Å². The fraction of sp³-hybridized carbons (Fsp3) is 0.667. The summed E-state index contributed by atoms with van der Waals surface area (Å²) >= 11 is 16.8. The highest BCUT2D eigenvalue weighted by molar-refractivity contribution is 6.67. The smallest absolute Gasteiger partial charge is 0.407 e. The Morgan fingerprint density at radius 3 is 2.86 bits per heavy atom. The van der Waals surface area contributed by atoms with E-state index < -0.39 is 9.89 Å². The van der Waals surface area contributed by atoms with Crippen molar-refractivity contribution in [1.82, 2.24) is 5.32 Å². The predicted octanol–water partition coefficient (Wildman–Crippen LogP) is 4.67. The second-order valence-corrected chi connectivity index (χ2v) is 8.45. The van der Waals surface area contributed by atoms with Crippen LogP contribution in [-0.4, -0.2) is 22.5 Å². The summed E-state index contributed by atoms with van der Waals surface area (Å²) in [5, 5.41) is 3.00. The molecule has 6 heteroatoms. The van der Waals surface area contributed by atoms with Crippen LogP contribution in [0.25, 0.3) is 0 Å². The van der Waals surface area contributed by atoms with Gasteiger partial charge in [-0.15, -0.1) is 0 Å². The number of halogens is 3. The van der Waals surface area contributed by atoms with Crippen LogP contribution in [-0.2, 0) is 4.74 Å². The molecule has 116 valence electrons. The zero-order chi connectivity index (χ0) is 15.0. The summed E-state index contributed by atoms with van der Waals surface area (Å²) in [7, 11) is 0. The van der Waals surface area contributed by atoms with Gasteiger partial charge < -0.3 is 10.1 Å². The van der Waals surface area contributed by atoms with Crippen molar-refractivity contribution in [2.24, 2.45) is 5.92 Å². The minimum atomic E-state index is -1.57. The van der Waals surface area contributed by atoms with Crippen LogP contribution in [0.3, 0.4) is 0 Å². The standard InChI is InChI=1S/C15H18Cl3NO2/c16-15(17,18)8-21-14(20)19-13-11-5-1-3-9(11)7-10-4-2-6-12(10)13/h7,11,13H,1-6,8H2,(H,19,20)/t11-,13?/m0/s1. The molecule has 1 unspecified atom stereocenters. The number of alkyl carbamates (subject to hydrolysis) is 1. The van der Waals surface area contributed by atoms with E-state index in [0.717, 1.165) is 25.7 Å². The maximum Gasteiger partial charge on any atom is 0.407 e. The van der Waals surface area contributed by atoms with Gasteiger partial charge in [-0.3, -0.25) is 0 Å². The van der Waals surface area contributed by atoms with E-state index in [1.807, 2.05) is 0 Å². The summed E-state index contributed by atoms with van der Waals surface area (Å²) in [6.07, 6.45) is 8.67. The molecule has 1 amide bonds. The third kappa shape index (κ3) is 3.52. The third-order valence-electron chi connectivity index (χ3n) is 4.54. The van der Waals surface area contributed by atoms with Crippen LogP contribution >= 0.6 is 34.8 Å². The largest absolute Gasteiger partial charge is 0.445 e. The molecule has 0 bridgehead atoms. The van der Waals surface area contributed by atoms with E-state index in [1.54, 1.807) is 0 Å². The Bertz CT molecular complexity index is 508. The number of carbonyl (C=O) groups is 1. The molecular weight excluding hydrogens is 333 g/mol. The Morgan fingerprint density at radius 1 is 1.29 bits per heavy atom. The Balaban J connectivity index is 1.69. The zero-order valence-electron chi connectivity index (χ0n) is 11.6. The summed E-state index contributed by atoms with van der Waals surface area (Å²) in [5.41, 5.74) is 4.26. The van der Waals surface area contributed by atoms with E-state index in [9.17, 15) is 4.79 Å². The van der Waals surface area contributed by atoms with Gasteiger partial charge >= 0.3 is 6.09 Å². The van der Waals surface area contributed by atoms with E-state index >= 15 is 0 Å². The average Bonchev–Trinajstić information content (AvgIpc) is 3.03. The van der Waals surface area contributed by atoms with Crippen molar-refractivity contribution in [2.75, 3.05) is 6.61 Å². The van der Waals surface area contributed by atoms with E-state index in [1.165, 1.54) is 29.6 Å². The van der Waals surface area contributed by atoms with Crippen LogP contribution in [0.1, 0.15) is 38.5 Å². The summed E-state index contributed by atoms with van der Waals surface area (Å²) in [5.74, 6) is 0.419. The summed E-state index contributed by atoms with van der Waals surface area (Å²) in [6, 6.07) is 0.0628. The number of hydrogen-bond donors (Lipinski definition) is 1. The van der Waals surface area contributed by atoms with Gasteiger partial charge in [-0.2, -0.15) is 0 Å². The molecule has 0 heterocycles. The summed E-state index contributed by atoms with van der Waals surface area (Å²) in [6.45, 7) is -0.241. The molecule has 3 rings (SSSR count). The van der Waals surface area contributed by atoms with Crippen LogP contribution in [0.4, 0.5) is 4.79 Å². The number of carbonyl (C=O) groups excluding carboxylic acids is 1. The van der Waals surface area contributed by atoms with Gasteiger partial charge in [-0.05, 0) is 49.7 Å². The van der Waals surface area contributed by atoms with Crippen molar-refractivity contribution < 1.29 is 9.53 Å². The number of fused-ring (bicyclic) bond motifs is 1. The maximum atomic E-state index is 12.0. The number of ether oxygens (including phenoxy) is 1. The molecule has 0 saturated heterocycles. The molecule has 0 aromatic rings.